The van der Waals surface area contributed by atoms with Gasteiger partial charge in [0.15, 0.2) is 0 Å². The van der Waals surface area contributed by atoms with Gasteiger partial charge in [-0.15, -0.1) is 0 Å². The Labute approximate surface area is 178 Å². The fourth-order valence-electron chi connectivity index (χ4n) is 3.98. The van der Waals surface area contributed by atoms with Crippen LogP contribution in [0.4, 0.5) is 0 Å². The van der Waals surface area contributed by atoms with Crippen molar-refractivity contribution in [3.63, 3.8) is 0 Å². The molecule has 2 aromatic carbocycles. The maximum Gasteiger partial charge on any atom is 0.253 e. The van der Waals surface area contributed by atoms with Crippen LogP contribution in [-0.2, 0) is 5.41 Å². The second kappa shape index (κ2) is 8.19. The van der Waals surface area contributed by atoms with Crippen molar-refractivity contribution in [1.82, 2.24) is 9.88 Å². The molecule has 0 aliphatic rings. The number of carbonyl (C=O) groups excluding carboxylic acids is 1. The summed E-state index contributed by atoms with van der Waals surface area (Å²) in [6.45, 7) is 6.70. The van der Waals surface area contributed by atoms with Crippen molar-refractivity contribution in [3.05, 3.63) is 77.1 Å². The summed E-state index contributed by atoms with van der Waals surface area (Å²) in [6.07, 6.45) is 4.78. The first-order valence-corrected chi connectivity index (χ1v) is 10.1. The lowest BCUT2D eigenvalue weighted by molar-refractivity contribution is 0.0827. The summed E-state index contributed by atoms with van der Waals surface area (Å²) >= 11 is 0. The van der Waals surface area contributed by atoms with Gasteiger partial charge in [-0.3, -0.25) is 4.79 Å². The van der Waals surface area contributed by atoms with E-state index in [1.807, 2.05) is 30.3 Å². The molecule has 156 valence electrons. The first-order valence-electron chi connectivity index (χ1n) is 10.1. The molecule has 1 heterocycles. The summed E-state index contributed by atoms with van der Waals surface area (Å²) < 4.78 is 0. The first kappa shape index (κ1) is 21.4. The Morgan fingerprint density at radius 2 is 1.77 bits per heavy atom. The molecule has 0 aliphatic carbocycles. The topological polar surface area (TPSA) is 86.0 Å². The molecule has 1 unspecified atom stereocenters. The SMILES string of the molecule is CC(C)C(C)(c1ccc(/C(C=N)=C/N)cc1)c1c[nH]c2cc(C(=O)N(C)C)ccc12. The third-order valence-electron chi connectivity index (χ3n) is 6.20. The monoisotopic (exact) mass is 402 g/mol. The number of hydrogen-bond donors (Lipinski definition) is 3. The zero-order valence-electron chi connectivity index (χ0n) is 18.3. The molecule has 0 saturated heterocycles. The lowest BCUT2D eigenvalue weighted by Gasteiger charge is -2.35. The number of aromatic nitrogens is 1. The van der Waals surface area contributed by atoms with Crippen LogP contribution in [0, 0.1) is 11.3 Å². The summed E-state index contributed by atoms with van der Waals surface area (Å²) in [6, 6.07) is 14.1. The Hall–Kier alpha value is -3.34. The predicted octanol–water partition coefficient (Wildman–Crippen LogP) is 4.78. The molecule has 0 saturated carbocycles. The van der Waals surface area contributed by atoms with Gasteiger partial charge in [0.2, 0.25) is 0 Å². The summed E-state index contributed by atoms with van der Waals surface area (Å²) in [5, 5.41) is 8.63. The Balaban J connectivity index is 2.11. The number of fused-ring (bicyclic) bond motifs is 1. The highest BCUT2D eigenvalue weighted by atomic mass is 16.2. The van der Waals surface area contributed by atoms with Crippen LogP contribution in [0.5, 0.6) is 0 Å². The zero-order chi connectivity index (χ0) is 22.1. The summed E-state index contributed by atoms with van der Waals surface area (Å²) in [5.41, 5.74) is 11.0. The predicted molar refractivity (Wildman–Crippen MR) is 125 cm³/mol. The largest absolute Gasteiger partial charge is 0.404 e. The average molecular weight is 403 g/mol. The van der Waals surface area contributed by atoms with Crippen LogP contribution in [0.2, 0.25) is 0 Å². The van der Waals surface area contributed by atoms with Gasteiger partial charge in [0.25, 0.3) is 5.91 Å². The highest BCUT2D eigenvalue weighted by Gasteiger charge is 2.34. The van der Waals surface area contributed by atoms with Gasteiger partial charge < -0.3 is 21.0 Å². The van der Waals surface area contributed by atoms with E-state index in [-0.39, 0.29) is 11.3 Å². The van der Waals surface area contributed by atoms with Crippen molar-refractivity contribution < 1.29 is 4.79 Å². The van der Waals surface area contributed by atoms with Crippen LogP contribution in [0.1, 0.15) is 47.8 Å². The standard InChI is InChI=1S/C25H30N4O/c1-16(2)25(3,20-9-6-17(7-10-20)19(13-26)14-27)22-15-28-23-12-18(8-11-21(22)23)24(30)29(4)5/h6-16,26,28H,27H2,1-5H3/b19-14+,26-13?. The van der Waals surface area contributed by atoms with Gasteiger partial charge in [0, 0.05) is 60.2 Å². The minimum atomic E-state index is -0.235. The van der Waals surface area contributed by atoms with Gasteiger partial charge in [-0.05, 0) is 34.7 Å². The molecule has 5 heteroatoms. The number of nitrogens with zero attached hydrogens (tertiary/aromatic N) is 1. The van der Waals surface area contributed by atoms with Crippen LogP contribution in [0.15, 0.2) is 54.9 Å². The highest BCUT2D eigenvalue weighted by Crippen LogP contribution is 2.42. The van der Waals surface area contributed by atoms with Gasteiger partial charge in [-0.25, -0.2) is 0 Å². The molecule has 1 amide bonds. The Kier molecular flexibility index (Phi) is 5.83. The summed E-state index contributed by atoms with van der Waals surface area (Å²) in [7, 11) is 3.52. The Morgan fingerprint density at radius 3 is 2.30 bits per heavy atom. The molecule has 0 spiro atoms. The molecule has 4 N–H and O–H groups in total. The second-order valence-electron chi connectivity index (χ2n) is 8.36. The van der Waals surface area contributed by atoms with Crippen LogP contribution in [-0.4, -0.2) is 36.1 Å². The number of allylic oxidation sites excluding steroid dienone is 1. The van der Waals surface area contributed by atoms with Gasteiger partial charge in [-0.2, -0.15) is 0 Å². The molecule has 1 atom stereocenters. The van der Waals surface area contributed by atoms with E-state index in [9.17, 15) is 4.79 Å². The van der Waals surface area contributed by atoms with E-state index in [0.717, 1.165) is 16.5 Å². The van der Waals surface area contributed by atoms with E-state index in [2.05, 4.69) is 44.1 Å². The molecular weight excluding hydrogens is 372 g/mol. The van der Waals surface area contributed by atoms with Gasteiger partial charge in [0.05, 0.1) is 0 Å². The molecule has 3 aromatic rings. The molecule has 0 fully saturated rings. The smallest absolute Gasteiger partial charge is 0.253 e. The third-order valence-corrected chi connectivity index (χ3v) is 6.20. The molecule has 3 rings (SSSR count). The quantitative estimate of drug-likeness (QED) is 0.518. The van der Waals surface area contributed by atoms with Gasteiger partial charge in [-0.1, -0.05) is 51.1 Å². The summed E-state index contributed by atoms with van der Waals surface area (Å²) in [5.74, 6) is 0.322. The molecule has 30 heavy (non-hydrogen) atoms. The molecule has 0 bridgehead atoms. The molecule has 0 aliphatic heterocycles. The molecule has 1 aromatic heterocycles. The van der Waals surface area contributed by atoms with Crippen LogP contribution in [0.3, 0.4) is 0 Å². The van der Waals surface area contributed by atoms with Crippen molar-refractivity contribution in [2.45, 2.75) is 26.2 Å². The number of nitrogens with two attached hydrogens (primary N) is 1. The maximum absolute atomic E-state index is 12.3. The number of rotatable bonds is 6. The lowest BCUT2D eigenvalue weighted by Crippen LogP contribution is -2.30. The highest BCUT2D eigenvalue weighted by molar-refractivity contribution is 6.08. The van der Waals surface area contributed by atoms with Crippen molar-refractivity contribution >= 4 is 28.6 Å². The molecule has 5 nitrogen and oxygen atoms in total. The van der Waals surface area contributed by atoms with Crippen LogP contribution in [0.25, 0.3) is 16.5 Å². The number of hydrogen-bond acceptors (Lipinski definition) is 3. The summed E-state index contributed by atoms with van der Waals surface area (Å²) in [4.78, 5) is 17.3. The molecular formula is C25H30N4O. The van der Waals surface area contributed by atoms with E-state index in [4.69, 9.17) is 11.1 Å². The number of benzene rings is 2. The van der Waals surface area contributed by atoms with Crippen molar-refractivity contribution in [2.75, 3.05) is 14.1 Å². The van der Waals surface area contributed by atoms with Crippen LogP contribution >= 0.6 is 0 Å². The number of nitrogens with one attached hydrogen (secondary N) is 2. The van der Waals surface area contributed by atoms with Crippen molar-refractivity contribution in [1.29, 1.82) is 5.41 Å². The van der Waals surface area contributed by atoms with Crippen LogP contribution < -0.4 is 5.73 Å². The lowest BCUT2D eigenvalue weighted by atomic mass is 9.68. The fraction of sp³-hybridized carbons (Fsp3) is 0.280. The second-order valence-corrected chi connectivity index (χ2v) is 8.36. The van der Waals surface area contributed by atoms with E-state index in [0.29, 0.717) is 17.1 Å². The van der Waals surface area contributed by atoms with Gasteiger partial charge in [0.1, 0.15) is 0 Å². The fourth-order valence-corrected chi connectivity index (χ4v) is 3.98. The Morgan fingerprint density at radius 1 is 1.13 bits per heavy atom. The zero-order valence-corrected chi connectivity index (χ0v) is 18.3. The van der Waals surface area contributed by atoms with Gasteiger partial charge >= 0.3 is 0 Å². The molecule has 0 radical (unpaired) electrons. The minimum absolute atomic E-state index is 0.00905. The minimum Gasteiger partial charge on any atom is -0.404 e. The van der Waals surface area contributed by atoms with E-state index in [1.165, 1.54) is 23.5 Å². The Bertz CT molecular complexity index is 1110. The average Bonchev–Trinajstić information content (AvgIpc) is 3.17. The van der Waals surface area contributed by atoms with E-state index >= 15 is 0 Å². The number of carbonyl (C=O) groups is 1. The third kappa shape index (κ3) is 3.52. The van der Waals surface area contributed by atoms with E-state index < -0.39 is 0 Å². The van der Waals surface area contributed by atoms with E-state index in [1.54, 1.807) is 19.0 Å². The first-order chi connectivity index (χ1) is 14.2. The van der Waals surface area contributed by atoms with Crippen molar-refractivity contribution in [3.8, 4) is 0 Å². The maximum atomic E-state index is 12.3. The number of aromatic amines is 1. The number of H-pyrrole nitrogens is 1. The normalized spacial score (nSPS) is 14.0. The van der Waals surface area contributed by atoms with Crippen molar-refractivity contribution in [2.24, 2.45) is 11.7 Å². The number of amides is 1.